The van der Waals surface area contributed by atoms with Gasteiger partial charge in [-0.15, -0.1) is 0 Å². The molecule has 0 aliphatic carbocycles. The van der Waals surface area contributed by atoms with Gasteiger partial charge in [-0.3, -0.25) is 4.79 Å². The molecule has 1 atom stereocenters. The fraction of sp³-hybridized carbons (Fsp3) is 0.500. The number of nitrogens with zero attached hydrogens (tertiary/aromatic N) is 1. The standard InChI is InChI=1S/C14H18ClFN2O/c1-2-18(9-11-4-3-7-17-11)14(19)12-8-10(15)5-6-13(12)16/h5-6,8,11,17H,2-4,7,9H2,1H3. The molecular formula is C14H18ClFN2O. The Morgan fingerprint density at radius 3 is 3.00 bits per heavy atom. The van der Waals surface area contributed by atoms with E-state index in [9.17, 15) is 9.18 Å². The van der Waals surface area contributed by atoms with Crippen LogP contribution < -0.4 is 5.32 Å². The highest BCUT2D eigenvalue weighted by atomic mass is 35.5. The topological polar surface area (TPSA) is 32.3 Å². The van der Waals surface area contributed by atoms with Crippen LogP contribution in [0.15, 0.2) is 18.2 Å². The lowest BCUT2D eigenvalue weighted by atomic mass is 10.1. The van der Waals surface area contributed by atoms with Crippen LogP contribution >= 0.6 is 11.6 Å². The van der Waals surface area contributed by atoms with E-state index in [1.807, 2.05) is 6.92 Å². The number of carbonyl (C=O) groups excluding carboxylic acids is 1. The summed E-state index contributed by atoms with van der Waals surface area (Å²) < 4.78 is 13.7. The van der Waals surface area contributed by atoms with Crippen molar-refractivity contribution in [1.29, 1.82) is 0 Å². The van der Waals surface area contributed by atoms with Gasteiger partial charge in [0, 0.05) is 24.2 Å². The lowest BCUT2D eigenvalue weighted by molar-refractivity contribution is 0.0746. The summed E-state index contributed by atoms with van der Waals surface area (Å²) in [6.07, 6.45) is 2.18. The normalized spacial score (nSPS) is 18.6. The van der Waals surface area contributed by atoms with Gasteiger partial charge in [-0.1, -0.05) is 11.6 Å². The van der Waals surface area contributed by atoms with E-state index in [0.29, 0.717) is 24.2 Å². The number of halogens is 2. The van der Waals surface area contributed by atoms with Gasteiger partial charge < -0.3 is 10.2 Å². The maximum Gasteiger partial charge on any atom is 0.256 e. The number of hydrogen-bond donors (Lipinski definition) is 1. The lowest BCUT2D eigenvalue weighted by Gasteiger charge is -2.24. The summed E-state index contributed by atoms with van der Waals surface area (Å²) in [5, 5.41) is 3.71. The van der Waals surface area contributed by atoms with Crippen LogP contribution in [-0.4, -0.2) is 36.5 Å². The number of amides is 1. The molecule has 1 saturated heterocycles. The third-order valence-corrected chi connectivity index (χ3v) is 3.67. The SMILES string of the molecule is CCN(CC1CCCN1)C(=O)c1cc(Cl)ccc1F. The minimum atomic E-state index is -0.521. The zero-order chi connectivity index (χ0) is 13.8. The zero-order valence-electron chi connectivity index (χ0n) is 11.0. The smallest absolute Gasteiger partial charge is 0.256 e. The average molecular weight is 285 g/mol. The molecule has 19 heavy (non-hydrogen) atoms. The quantitative estimate of drug-likeness (QED) is 0.922. The van der Waals surface area contributed by atoms with Crippen LogP contribution in [0.2, 0.25) is 5.02 Å². The monoisotopic (exact) mass is 284 g/mol. The first-order chi connectivity index (χ1) is 9.11. The molecule has 0 radical (unpaired) electrons. The Kier molecular flexibility index (Phi) is 4.77. The van der Waals surface area contributed by atoms with Gasteiger partial charge in [0.2, 0.25) is 0 Å². The van der Waals surface area contributed by atoms with Crippen molar-refractivity contribution in [1.82, 2.24) is 10.2 Å². The van der Waals surface area contributed by atoms with E-state index in [1.165, 1.54) is 18.2 Å². The minimum absolute atomic E-state index is 0.0485. The Balaban J connectivity index is 2.12. The molecule has 1 aromatic rings. The van der Waals surface area contributed by atoms with Crippen LogP contribution in [0.3, 0.4) is 0 Å². The predicted octanol–water partition coefficient (Wildman–Crippen LogP) is 2.69. The van der Waals surface area contributed by atoms with Gasteiger partial charge in [-0.25, -0.2) is 4.39 Å². The predicted molar refractivity (Wildman–Crippen MR) is 74.0 cm³/mol. The molecule has 1 N–H and O–H groups in total. The van der Waals surface area contributed by atoms with Crippen LogP contribution in [0.5, 0.6) is 0 Å². The fourth-order valence-corrected chi connectivity index (χ4v) is 2.54. The molecule has 1 aromatic carbocycles. The molecule has 0 aromatic heterocycles. The lowest BCUT2D eigenvalue weighted by Crippen LogP contribution is -2.41. The summed E-state index contributed by atoms with van der Waals surface area (Å²) in [5.74, 6) is -0.816. The van der Waals surface area contributed by atoms with E-state index in [-0.39, 0.29) is 11.5 Å². The largest absolute Gasteiger partial charge is 0.337 e. The molecule has 1 amide bonds. The third-order valence-electron chi connectivity index (χ3n) is 3.43. The third kappa shape index (κ3) is 3.45. The second-order valence-corrected chi connectivity index (χ2v) is 5.20. The number of benzene rings is 1. The number of carbonyl (C=O) groups is 1. The Bertz CT molecular complexity index is 461. The van der Waals surface area contributed by atoms with Gasteiger partial charge in [-0.2, -0.15) is 0 Å². The Labute approximate surface area is 117 Å². The van der Waals surface area contributed by atoms with Crippen molar-refractivity contribution in [3.05, 3.63) is 34.6 Å². The molecule has 0 spiro atoms. The molecule has 1 aliphatic heterocycles. The Morgan fingerprint density at radius 2 is 2.37 bits per heavy atom. The van der Waals surface area contributed by atoms with Crippen molar-refractivity contribution in [2.24, 2.45) is 0 Å². The molecular weight excluding hydrogens is 267 g/mol. The van der Waals surface area contributed by atoms with E-state index in [4.69, 9.17) is 11.6 Å². The average Bonchev–Trinajstić information content (AvgIpc) is 2.91. The van der Waals surface area contributed by atoms with Gasteiger partial charge in [-0.05, 0) is 44.5 Å². The van der Waals surface area contributed by atoms with Crippen molar-refractivity contribution >= 4 is 17.5 Å². The fourth-order valence-electron chi connectivity index (χ4n) is 2.37. The van der Waals surface area contributed by atoms with Gasteiger partial charge in [0.15, 0.2) is 0 Å². The number of rotatable bonds is 4. The first-order valence-corrected chi connectivity index (χ1v) is 6.97. The van der Waals surface area contributed by atoms with Crippen LogP contribution in [0.25, 0.3) is 0 Å². The highest BCUT2D eigenvalue weighted by Gasteiger charge is 2.23. The first-order valence-electron chi connectivity index (χ1n) is 6.59. The molecule has 1 unspecified atom stereocenters. The van der Waals surface area contributed by atoms with E-state index in [0.717, 1.165) is 19.4 Å². The van der Waals surface area contributed by atoms with Gasteiger partial charge in [0.05, 0.1) is 5.56 Å². The first kappa shape index (κ1) is 14.3. The maximum absolute atomic E-state index is 13.7. The molecule has 3 nitrogen and oxygen atoms in total. The van der Waals surface area contributed by atoms with Gasteiger partial charge >= 0.3 is 0 Å². The Morgan fingerprint density at radius 1 is 1.58 bits per heavy atom. The molecule has 1 heterocycles. The van der Waals surface area contributed by atoms with Gasteiger partial charge in [0.25, 0.3) is 5.91 Å². The van der Waals surface area contributed by atoms with Gasteiger partial charge in [0.1, 0.15) is 5.82 Å². The Hall–Kier alpha value is -1.13. The molecule has 1 fully saturated rings. The summed E-state index contributed by atoms with van der Waals surface area (Å²) in [6.45, 7) is 4.06. The van der Waals surface area contributed by atoms with Crippen molar-refractivity contribution in [3.8, 4) is 0 Å². The highest BCUT2D eigenvalue weighted by Crippen LogP contribution is 2.17. The van der Waals surface area contributed by atoms with E-state index in [1.54, 1.807) is 4.90 Å². The summed E-state index contributed by atoms with van der Waals surface area (Å²) in [4.78, 5) is 14.0. The van der Waals surface area contributed by atoms with Crippen molar-refractivity contribution in [2.75, 3.05) is 19.6 Å². The molecule has 5 heteroatoms. The summed E-state index contributed by atoms with van der Waals surface area (Å²) in [5.41, 5.74) is 0.0485. The van der Waals surface area contributed by atoms with E-state index >= 15 is 0 Å². The number of likely N-dealkylation sites (N-methyl/N-ethyl adjacent to an activating group) is 1. The summed E-state index contributed by atoms with van der Waals surface area (Å²) >= 11 is 5.83. The van der Waals surface area contributed by atoms with Crippen LogP contribution in [0.4, 0.5) is 4.39 Å². The van der Waals surface area contributed by atoms with Crippen LogP contribution in [0, 0.1) is 5.82 Å². The second-order valence-electron chi connectivity index (χ2n) is 4.76. The van der Waals surface area contributed by atoms with Crippen molar-refractivity contribution < 1.29 is 9.18 Å². The zero-order valence-corrected chi connectivity index (χ0v) is 11.7. The summed E-state index contributed by atoms with van der Waals surface area (Å²) in [6, 6.07) is 4.38. The molecule has 2 rings (SSSR count). The van der Waals surface area contributed by atoms with E-state index < -0.39 is 5.82 Å². The highest BCUT2D eigenvalue weighted by molar-refractivity contribution is 6.31. The molecule has 0 saturated carbocycles. The van der Waals surface area contributed by atoms with Crippen LogP contribution in [-0.2, 0) is 0 Å². The number of hydrogen-bond acceptors (Lipinski definition) is 2. The summed E-state index contributed by atoms with van der Waals surface area (Å²) in [7, 11) is 0. The number of nitrogens with one attached hydrogen (secondary N) is 1. The molecule has 104 valence electrons. The van der Waals surface area contributed by atoms with Crippen molar-refractivity contribution in [2.45, 2.75) is 25.8 Å². The maximum atomic E-state index is 13.7. The second kappa shape index (κ2) is 6.35. The minimum Gasteiger partial charge on any atom is -0.337 e. The molecule has 1 aliphatic rings. The molecule has 0 bridgehead atoms. The van der Waals surface area contributed by atoms with Crippen molar-refractivity contribution in [3.63, 3.8) is 0 Å². The van der Waals surface area contributed by atoms with Crippen LogP contribution in [0.1, 0.15) is 30.1 Å². The van der Waals surface area contributed by atoms with E-state index in [2.05, 4.69) is 5.32 Å².